The van der Waals surface area contributed by atoms with E-state index in [1.807, 2.05) is 31.2 Å². The molecule has 0 aliphatic carbocycles. The molecular formula is C28H26N6O6S. The predicted molar refractivity (Wildman–Crippen MR) is 152 cm³/mol. The highest BCUT2D eigenvalue weighted by Crippen LogP contribution is 2.28. The van der Waals surface area contributed by atoms with Gasteiger partial charge in [-0.25, -0.2) is 19.6 Å². The van der Waals surface area contributed by atoms with E-state index in [0.717, 1.165) is 16.9 Å². The van der Waals surface area contributed by atoms with Crippen molar-refractivity contribution in [2.24, 2.45) is 0 Å². The zero-order chi connectivity index (χ0) is 29.7. The van der Waals surface area contributed by atoms with E-state index in [4.69, 9.17) is 8.83 Å². The zero-order valence-electron chi connectivity index (χ0n) is 22.7. The summed E-state index contributed by atoms with van der Waals surface area (Å²) >= 11 is 1.43. The summed E-state index contributed by atoms with van der Waals surface area (Å²) in [6.45, 7) is 3.82. The van der Waals surface area contributed by atoms with Crippen molar-refractivity contribution in [1.29, 1.82) is 5.26 Å². The Morgan fingerprint density at radius 3 is 2.51 bits per heavy atom. The summed E-state index contributed by atoms with van der Waals surface area (Å²) in [5.41, 5.74) is -0.501. The number of anilines is 2. The van der Waals surface area contributed by atoms with Crippen molar-refractivity contribution in [3.63, 3.8) is 0 Å². The van der Waals surface area contributed by atoms with Crippen LogP contribution < -0.4 is 21.9 Å². The summed E-state index contributed by atoms with van der Waals surface area (Å²) in [6, 6.07) is 10.8. The Hall–Kier alpha value is -4.93. The Labute approximate surface area is 238 Å². The first-order valence-electron chi connectivity index (χ1n) is 12.5. The van der Waals surface area contributed by atoms with Crippen molar-refractivity contribution in [3.8, 4) is 17.2 Å². The summed E-state index contributed by atoms with van der Waals surface area (Å²) in [6.07, 6.45) is 4.04. The zero-order valence-corrected chi connectivity index (χ0v) is 23.5. The van der Waals surface area contributed by atoms with Crippen LogP contribution in [0.25, 0.3) is 11.1 Å². The maximum Gasteiger partial charge on any atom is 0.423 e. The number of aromatic nitrogens is 2. The van der Waals surface area contributed by atoms with Gasteiger partial charge in [0.25, 0.3) is 5.91 Å². The number of nitrogens with one attached hydrogen (secondary N) is 2. The molecule has 1 aromatic carbocycles. The molecule has 0 aliphatic rings. The van der Waals surface area contributed by atoms with E-state index in [-0.39, 0.29) is 29.6 Å². The fraction of sp³-hybridized carbons (Fsp3) is 0.250. The molecule has 4 aromatic rings. The van der Waals surface area contributed by atoms with Gasteiger partial charge in [-0.1, -0.05) is 31.2 Å². The molecule has 0 saturated heterocycles. The van der Waals surface area contributed by atoms with Gasteiger partial charge in [-0.2, -0.15) is 5.26 Å². The average molecular weight is 575 g/mol. The first-order valence-corrected chi connectivity index (χ1v) is 13.3. The van der Waals surface area contributed by atoms with E-state index in [2.05, 4.69) is 20.6 Å². The summed E-state index contributed by atoms with van der Waals surface area (Å²) in [4.78, 5) is 60.3. The highest BCUT2D eigenvalue weighted by atomic mass is 32.1. The minimum atomic E-state index is -1.33. The van der Waals surface area contributed by atoms with Gasteiger partial charge in [-0.05, 0) is 44.6 Å². The number of benzene rings is 1. The third-order valence-electron chi connectivity index (χ3n) is 5.98. The summed E-state index contributed by atoms with van der Waals surface area (Å²) in [5.74, 6) is -2.32. The second kappa shape index (κ2) is 12.5. The molecule has 2 N–H and O–H groups in total. The van der Waals surface area contributed by atoms with Crippen molar-refractivity contribution in [1.82, 2.24) is 14.9 Å². The van der Waals surface area contributed by atoms with Crippen molar-refractivity contribution in [2.75, 3.05) is 24.7 Å². The van der Waals surface area contributed by atoms with Crippen LogP contribution in [0.2, 0.25) is 0 Å². The van der Waals surface area contributed by atoms with E-state index in [0.29, 0.717) is 16.3 Å². The van der Waals surface area contributed by atoms with Crippen LogP contribution in [0.3, 0.4) is 0 Å². The Balaban J connectivity index is 1.56. The monoisotopic (exact) mass is 574 g/mol. The lowest BCUT2D eigenvalue weighted by molar-refractivity contribution is -0.117. The van der Waals surface area contributed by atoms with Crippen LogP contribution in [0.15, 0.2) is 61.1 Å². The number of amides is 2. The van der Waals surface area contributed by atoms with E-state index < -0.39 is 28.8 Å². The normalized spacial score (nSPS) is 11.6. The van der Waals surface area contributed by atoms with Crippen LogP contribution in [-0.2, 0) is 17.8 Å². The number of hydrogen-bond acceptors (Lipinski definition) is 11. The van der Waals surface area contributed by atoms with Gasteiger partial charge in [0.1, 0.15) is 6.07 Å². The van der Waals surface area contributed by atoms with E-state index in [1.165, 1.54) is 23.6 Å². The quantitative estimate of drug-likeness (QED) is 0.281. The smallest absolute Gasteiger partial charge is 0.417 e. The third kappa shape index (κ3) is 6.81. The van der Waals surface area contributed by atoms with Gasteiger partial charge >= 0.3 is 11.3 Å². The molecule has 4 rings (SSSR count). The highest BCUT2D eigenvalue weighted by Gasteiger charge is 2.23. The molecule has 13 heteroatoms. The fourth-order valence-electron chi connectivity index (χ4n) is 3.81. The van der Waals surface area contributed by atoms with Crippen LogP contribution in [0.4, 0.5) is 10.9 Å². The number of nitrogens with zero attached hydrogens (tertiary/aromatic N) is 4. The van der Waals surface area contributed by atoms with Crippen LogP contribution in [0.5, 0.6) is 0 Å². The van der Waals surface area contributed by atoms with Crippen molar-refractivity contribution < 1.29 is 18.4 Å². The average Bonchev–Trinajstić information content (AvgIpc) is 3.41. The first-order chi connectivity index (χ1) is 19.6. The molecule has 0 radical (unpaired) electrons. The largest absolute Gasteiger partial charge is 0.423 e. The number of hydrogen-bond donors (Lipinski definition) is 2. The van der Waals surface area contributed by atoms with Gasteiger partial charge < -0.3 is 24.4 Å². The lowest BCUT2D eigenvalue weighted by Crippen LogP contribution is -2.29. The molecule has 0 unspecified atom stereocenters. The number of aryl methyl sites for hydroxylation is 1. The lowest BCUT2D eigenvalue weighted by Gasteiger charge is -2.13. The summed E-state index contributed by atoms with van der Waals surface area (Å²) < 4.78 is 9.84. The highest BCUT2D eigenvalue weighted by molar-refractivity contribution is 7.15. The molecule has 1 atom stereocenters. The number of thiazole rings is 1. The molecule has 2 amide bonds. The minimum absolute atomic E-state index is 0.00957. The molecule has 41 heavy (non-hydrogen) atoms. The second-order valence-electron chi connectivity index (χ2n) is 9.28. The standard InChI is InChI=1S/C28H26N6O6S/c1-5-20-13-31-28(41-20)33-24(35)15(2)16-7-6-8-17(9-16)19-10-18(11-29)23(30-12-19)32-25(36)22-21(14-34(3)4)39-26(37)27(38)40-22/h6-10,12-13,15H,5,14H2,1-4H3,(H,30,32,36)(H,31,33,35)/t15-/m0/s1. The van der Waals surface area contributed by atoms with Gasteiger partial charge in [-0.15, -0.1) is 11.3 Å². The van der Waals surface area contributed by atoms with Crippen molar-refractivity contribution >= 4 is 34.1 Å². The third-order valence-corrected chi connectivity index (χ3v) is 7.04. The van der Waals surface area contributed by atoms with Gasteiger partial charge in [0, 0.05) is 22.8 Å². The number of nitriles is 1. The predicted octanol–water partition coefficient (Wildman–Crippen LogP) is 3.60. The van der Waals surface area contributed by atoms with Gasteiger partial charge in [-0.3, -0.25) is 9.59 Å². The van der Waals surface area contributed by atoms with Gasteiger partial charge in [0.2, 0.25) is 11.7 Å². The number of pyridine rings is 1. The SMILES string of the molecule is CCc1cnc(NC(=O)[C@@H](C)c2cccc(-c3cnc(NC(=O)c4oc(=O)c(=O)oc4CN(C)C)c(C#N)c3)c2)s1. The number of rotatable bonds is 9. The van der Waals surface area contributed by atoms with Gasteiger partial charge in [0.05, 0.1) is 18.0 Å². The Morgan fingerprint density at radius 2 is 1.83 bits per heavy atom. The number of carbonyl (C=O) groups is 2. The molecule has 0 aliphatic heterocycles. The molecule has 3 aromatic heterocycles. The molecule has 0 saturated carbocycles. The Kier molecular flexibility index (Phi) is 8.86. The molecular weight excluding hydrogens is 548 g/mol. The summed E-state index contributed by atoms with van der Waals surface area (Å²) in [5, 5.41) is 15.6. The fourth-order valence-corrected chi connectivity index (χ4v) is 4.56. The van der Waals surface area contributed by atoms with Crippen LogP contribution in [0, 0.1) is 11.3 Å². The molecule has 0 fully saturated rings. The lowest BCUT2D eigenvalue weighted by atomic mass is 9.96. The van der Waals surface area contributed by atoms with Crippen LogP contribution >= 0.6 is 11.3 Å². The molecule has 210 valence electrons. The van der Waals surface area contributed by atoms with E-state index in [9.17, 15) is 24.4 Å². The molecule has 0 spiro atoms. The minimum Gasteiger partial charge on any atom is -0.417 e. The second-order valence-corrected chi connectivity index (χ2v) is 10.4. The van der Waals surface area contributed by atoms with E-state index in [1.54, 1.807) is 38.2 Å². The topological polar surface area (TPSA) is 171 Å². The maximum atomic E-state index is 12.9. The first kappa shape index (κ1) is 29.1. The molecule has 0 bridgehead atoms. The van der Waals surface area contributed by atoms with E-state index >= 15 is 0 Å². The Bertz CT molecular complexity index is 1770. The molecule has 3 heterocycles. The Morgan fingerprint density at radius 1 is 1.07 bits per heavy atom. The van der Waals surface area contributed by atoms with Crippen molar-refractivity contribution in [2.45, 2.75) is 32.7 Å². The maximum absolute atomic E-state index is 12.9. The number of carbonyl (C=O) groups excluding carboxylic acids is 2. The van der Waals surface area contributed by atoms with Crippen molar-refractivity contribution in [3.05, 3.63) is 91.1 Å². The van der Waals surface area contributed by atoms with Gasteiger partial charge in [0.15, 0.2) is 16.7 Å². The van der Waals surface area contributed by atoms with Crippen LogP contribution in [0.1, 0.15) is 52.1 Å². The summed E-state index contributed by atoms with van der Waals surface area (Å²) in [7, 11) is 3.35. The van der Waals surface area contributed by atoms with Crippen LogP contribution in [-0.4, -0.2) is 40.8 Å². The molecule has 12 nitrogen and oxygen atoms in total.